The molecule has 0 aromatic heterocycles. The average molecular weight is 142 g/mol. The molecule has 0 radical (unpaired) electrons. The molecule has 0 heterocycles. The van der Waals surface area contributed by atoms with Crippen LogP contribution in [0.5, 0.6) is 0 Å². The van der Waals surface area contributed by atoms with E-state index in [0.29, 0.717) is 12.0 Å². The van der Waals surface area contributed by atoms with Crippen LogP contribution < -0.4 is 11.1 Å². The first-order chi connectivity index (χ1) is 4.57. The summed E-state index contributed by atoms with van der Waals surface area (Å²) in [6.07, 6.45) is 1.64. The summed E-state index contributed by atoms with van der Waals surface area (Å²) in [6, 6.07) is 0.470. The predicted octanol–water partition coefficient (Wildman–Crippen LogP) is 1.44. The smallest absolute Gasteiger partial charge is 0.0292 e. The van der Waals surface area contributed by atoms with Gasteiger partial charge in [-0.05, 0) is 19.8 Å². The zero-order valence-electron chi connectivity index (χ0n) is 7.31. The molecule has 60 valence electrons. The minimum atomic E-state index is 0.470. The van der Waals surface area contributed by atoms with Crippen molar-refractivity contribution in [2.45, 2.75) is 33.7 Å². The van der Waals surface area contributed by atoms with Crippen LogP contribution in [-0.2, 0) is 0 Å². The maximum atomic E-state index is 5.40. The van der Waals surface area contributed by atoms with Crippen LogP contribution >= 0.6 is 0 Å². The third-order valence-electron chi connectivity index (χ3n) is 1.26. The van der Waals surface area contributed by atoms with Crippen molar-refractivity contribution in [3.8, 4) is 0 Å². The van der Waals surface area contributed by atoms with Gasteiger partial charge in [0.1, 0.15) is 0 Å². The maximum absolute atomic E-state index is 5.40. The Morgan fingerprint density at radius 3 is 1.90 bits per heavy atom. The van der Waals surface area contributed by atoms with E-state index in [1.807, 2.05) is 0 Å². The van der Waals surface area contributed by atoms with E-state index in [-0.39, 0.29) is 0 Å². The normalized spacial score (nSPS) is 12.8. The van der Waals surface area contributed by atoms with Gasteiger partial charge in [-0.1, -0.05) is 13.8 Å². The molecule has 0 aliphatic rings. The molecule has 0 atom stereocenters. The zero-order chi connectivity index (χ0) is 8.15. The zero-order valence-corrected chi connectivity index (χ0v) is 7.31. The van der Waals surface area contributed by atoms with Gasteiger partial charge >= 0.3 is 0 Å². The van der Waals surface area contributed by atoms with E-state index in [0.717, 1.165) is 5.70 Å². The van der Waals surface area contributed by atoms with Crippen LogP contribution in [0.2, 0.25) is 0 Å². The monoisotopic (exact) mass is 142 g/mol. The maximum Gasteiger partial charge on any atom is 0.0292 e. The number of rotatable bonds is 3. The Kier molecular flexibility index (Phi) is 3.93. The number of hydrogen-bond donors (Lipinski definition) is 2. The molecule has 0 fully saturated rings. The standard InChI is InChI=1S/C8H18N2/c1-6(2)8(5-9)10-7(3)4/h5-7,10H,9H2,1-4H3/b8-5-. The van der Waals surface area contributed by atoms with Gasteiger partial charge in [-0.25, -0.2) is 0 Å². The average Bonchev–Trinajstić information content (AvgIpc) is 1.81. The summed E-state index contributed by atoms with van der Waals surface area (Å²) in [6.45, 7) is 8.44. The summed E-state index contributed by atoms with van der Waals surface area (Å²) >= 11 is 0. The van der Waals surface area contributed by atoms with Gasteiger partial charge < -0.3 is 11.1 Å². The van der Waals surface area contributed by atoms with Gasteiger partial charge in [0.05, 0.1) is 0 Å². The summed E-state index contributed by atoms with van der Waals surface area (Å²) in [5.74, 6) is 0.493. The van der Waals surface area contributed by atoms with E-state index in [9.17, 15) is 0 Å². The highest BCUT2D eigenvalue weighted by Crippen LogP contribution is 2.04. The number of hydrogen-bond acceptors (Lipinski definition) is 2. The van der Waals surface area contributed by atoms with E-state index in [1.165, 1.54) is 0 Å². The molecule has 0 aromatic rings. The van der Waals surface area contributed by atoms with E-state index in [1.54, 1.807) is 6.20 Å². The highest BCUT2D eigenvalue weighted by molar-refractivity contribution is 5.00. The summed E-state index contributed by atoms with van der Waals surface area (Å²) in [5.41, 5.74) is 6.52. The lowest BCUT2D eigenvalue weighted by atomic mass is 10.1. The first-order valence-corrected chi connectivity index (χ1v) is 3.76. The molecule has 0 bridgehead atoms. The molecule has 0 aromatic carbocycles. The Labute approximate surface area is 63.5 Å². The lowest BCUT2D eigenvalue weighted by molar-refractivity contribution is 0.587. The van der Waals surface area contributed by atoms with Gasteiger partial charge in [0.15, 0.2) is 0 Å². The van der Waals surface area contributed by atoms with Crippen molar-refractivity contribution in [3.05, 3.63) is 11.9 Å². The van der Waals surface area contributed by atoms with Crippen molar-refractivity contribution >= 4 is 0 Å². The number of nitrogens with two attached hydrogens (primary N) is 1. The molecule has 0 unspecified atom stereocenters. The van der Waals surface area contributed by atoms with E-state index >= 15 is 0 Å². The van der Waals surface area contributed by atoms with Crippen LogP contribution in [0.25, 0.3) is 0 Å². The fourth-order valence-corrected chi connectivity index (χ4v) is 0.741. The number of nitrogens with one attached hydrogen (secondary N) is 1. The van der Waals surface area contributed by atoms with E-state index in [4.69, 9.17) is 5.73 Å². The Morgan fingerprint density at radius 2 is 1.80 bits per heavy atom. The van der Waals surface area contributed by atoms with Gasteiger partial charge in [0.2, 0.25) is 0 Å². The SMILES string of the molecule is CC(C)N/C(=C\N)C(C)C. The molecule has 0 saturated carbocycles. The topological polar surface area (TPSA) is 38.0 Å². The molecule has 0 rings (SSSR count). The summed E-state index contributed by atoms with van der Waals surface area (Å²) in [5, 5.41) is 3.27. The molecule has 0 spiro atoms. The molecular weight excluding hydrogens is 124 g/mol. The minimum Gasteiger partial charge on any atom is -0.403 e. The van der Waals surface area contributed by atoms with Crippen LogP contribution in [0.4, 0.5) is 0 Å². The summed E-state index contributed by atoms with van der Waals surface area (Å²) in [7, 11) is 0. The molecule has 0 saturated heterocycles. The minimum absolute atomic E-state index is 0.470. The third kappa shape index (κ3) is 3.38. The van der Waals surface area contributed by atoms with Crippen molar-refractivity contribution in [1.82, 2.24) is 5.32 Å². The molecule has 0 amide bonds. The lowest BCUT2D eigenvalue weighted by Crippen LogP contribution is -2.25. The van der Waals surface area contributed by atoms with Crippen molar-refractivity contribution in [2.75, 3.05) is 0 Å². The lowest BCUT2D eigenvalue weighted by Gasteiger charge is -2.16. The van der Waals surface area contributed by atoms with Gasteiger partial charge in [-0.3, -0.25) is 0 Å². The Morgan fingerprint density at radius 1 is 1.30 bits per heavy atom. The van der Waals surface area contributed by atoms with Gasteiger partial charge in [0, 0.05) is 17.9 Å². The largest absolute Gasteiger partial charge is 0.403 e. The molecule has 0 aliphatic carbocycles. The van der Waals surface area contributed by atoms with Crippen LogP contribution in [-0.4, -0.2) is 6.04 Å². The van der Waals surface area contributed by atoms with Gasteiger partial charge in [0.25, 0.3) is 0 Å². The summed E-state index contributed by atoms with van der Waals surface area (Å²) < 4.78 is 0. The second-order valence-corrected chi connectivity index (χ2v) is 3.08. The summed E-state index contributed by atoms with van der Waals surface area (Å²) in [4.78, 5) is 0. The van der Waals surface area contributed by atoms with E-state index < -0.39 is 0 Å². The number of allylic oxidation sites excluding steroid dienone is 1. The van der Waals surface area contributed by atoms with Crippen molar-refractivity contribution < 1.29 is 0 Å². The van der Waals surface area contributed by atoms with Crippen LogP contribution in [0.1, 0.15) is 27.7 Å². The molecular formula is C8H18N2. The van der Waals surface area contributed by atoms with Gasteiger partial charge in [-0.2, -0.15) is 0 Å². The Balaban J connectivity index is 3.86. The first-order valence-electron chi connectivity index (χ1n) is 3.76. The van der Waals surface area contributed by atoms with Crippen LogP contribution in [0.15, 0.2) is 11.9 Å². The Hall–Kier alpha value is -0.660. The third-order valence-corrected chi connectivity index (χ3v) is 1.26. The molecule has 3 N–H and O–H groups in total. The van der Waals surface area contributed by atoms with Crippen LogP contribution in [0, 0.1) is 5.92 Å². The fraction of sp³-hybridized carbons (Fsp3) is 0.750. The van der Waals surface area contributed by atoms with Crippen molar-refractivity contribution in [3.63, 3.8) is 0 Å². The molecule has 2 nitrogen and oxygen atoms in total. The van der Waals surface area contributed by atoms with E-state index in [2.05, 4.69) is 33.0 Å². The first kappa shape index (κ1) is 9.34. The second kappa shape index (κ2) is 4.20. The quantitative estimate of drug-likeness (QED) is 0.625. The molecule has 0 aliphatic heterocycles. The van der Waals surface area contributed by atoms with Crippen molar-refractivity contribution in [1.29, 1.82) is 0 Å². The molecule has 10 heavy (non-hydrogen) atoms. The highest BCUT2D eigenvalue weighted by atomic mass is 14.9. The fourth-order valence-electron chi connectivity index (χ4n) is 0.741. The highest BCUT2D eigenvalue weighted by Gasteiger charge is 2.01. The molecule has 2 heteroatoms. The van der Waals surface area contributed by atoms with Crippen molar-refractivity contribution in [2.24, 2.45) is 11.7 Å². The van der Waals surface area contributed by atoms with Crippen LogP contribution in [0.3, 0.4) is 0 Å². The second-order valence-electron chi connectivity index (χ2n) is 3.08. The van der Waals surface area contributed by atoms with Gasteiger partial charge in [-0.15, -0.1) is 0 Å². The Bertz CT molecular complexity index is 114. The predicted molar refractivity (Wildman–Crippen MR) is 45.4 cm³/mol.